The van der Waals surface area contributed by atoms with Gasteiger partial charge < -0.3 is 19.6 Å². The van der Waals surface area contributed by atoms with Crippen molar-refractivity contribution in [2.45, 2.75) is 6.42 Å². The maximum atomic E-state index is 11.5. The Bertz CT molecular complexity index is 283. The zero-order valence-corrected chi connectivity index (χ0v) is 10.4. The number of hydrogen-bond donors (Lipinski definition) is 1. The van der Waals surface area contributed by atoms with E-state index in [0.717, 1.165) is 13.1 Å². The van der Waals surface area contributed by atoms with Crippen LogP contribution in [-0.4, -0.2) is 73.7 Å². The Labute approximate surface area is 101 Å². The molecule has 1 N–H and O–H groups in total. The zero-order chi connectivity index (χ0) is 12.8. The van der Waals surface area contributed by atoms with E-state index in [4.69, 9.17) is 9.84 Å². The third kappa shape index (κ3) is 4.32. The van der Waals surface area contributed by atoms with Gasteiger partial charge in [-0.05, 0) is 7.05 Å². The Kier molecular flexibility index (Phi) is 5.37. The third-order valence-electron chi connectivity index (χ3n) is 2.99. The lowest BCUT2D eigenvalue weighted by atomic mass is 10.1. The fourth-order valence-corrected chi connectivity index (χ4v) is 1.80. The molecule has 1 heterocycles. The first-order chi connectivity index (χ1) is 8.04. The van der Waals surface area contributed by atoms with Crippen molar-refractivity contribution < 1.29 is 19.4 Å². The minimum Gasteiger partial charge on any atom is -0.481 e. The van der Waals surface area contributed by atoms with E-state index in [1.807, 2.05) is 7.05 Å². The van der Waals surface area contributed by atoms with Crippen LogP contribution in [0.15, 0.2) is 0 Å². The van der Waals surface area contributed by atoms with Crippen molar-refractivity contribution in [1.82, 2.24) is 9.80 Å². The Hall–Kier alpha value is -1.14. The van der Waals surface area contributed by atoms with E-state index >= 15 is 0 Å². The summed E-state index contributed by atoms with van der Waals surface area (Å²) in [6, 6.07) is 0. The van der Waals surface area contributed by atoms with Crippen LogP contribution in [0.3, 0.4) is 0 Å². The minimum atomic E-state index is -0.881. The van der Waals surface area contributed by atoms with Gasteiger partial charge in [-0.1, -0.05) is 0 Å². The average Bonchev–Trinajstić information content (AvgIpc) is 2.65. The second-order valence-electron chi connectivity index (χ2n) is 4.38. The molecule has 0 aliphatic carbocycles. The number of carbonyl (C=O) groups excluding carboxylic acids is 1. The van der Waals surface area contributed by atoms with Crippen molar-refractivity contribution >= 4 is 11.9 Å². The number of aliphatic carboxylic acids is 1. The highest BCUT2D eigenvalue weighted by Crippen LogP contribution is 2.17. The van der Waals surface area contributed by atoms with Crippen molar-refractivity contribution in [2.75, 3.05) is 46.9 Å². The van der Waals surface area contributed by atoms with Gasteiger partial charge in [0.15, 0.2) is 0 Å². The van der Waals surface area contributed by atoms with Crippen LogP contribution in [-0.2, 0) is 14.3 Å². The van der Waals surface area contributed by atoms with Gasteiger partial charge in [0, 0.05) is 39.7 Å². The highest BCUT2D eigenvalue weighted by molar-refractivity contribution is 5.86. The molecule has 98 valence electrons. The summed E-state index contributed by atoms with van der Waals surface area (Å²) in [5, 5.41) is 8.84. The molecule has 6 heteroatoms. The lowest BCUT2D eigenvalue weighted by Crippen LogP contribution is -2.35. The summed E-state index contributed by atoms with van der Waals surface area (Å²) in [4.78, 5) is 26.0. The first-order valence-electron chi connectivity index (χ1n) is 5.72. The number of nitrogens with zero attached hydrogens (tertiary/aromatic N) is 2. The molecule has 0 aromatic carbocycles. The molecular formula is C11H20N2O4. The first kappa shape index (κ1) is 13.9. The van der Waals surface area contributed by atoms with Gasteiger partial charge in [-0.2, -0.15) is 0 Å². The molecule has 0 saturated carbocycles. The summed E-state index contributed by atoms with van der Waals surface area (Å²) < 4.78 is 4.95. The molecular weight excluding hydrogens is 224 g/mol. The lowest BCUT2D eigenvalue weighted by molar-refractivity contribution is -0.141. The Morgan fingerprint density at radius 2 is 2.29 bits per heavy atom. The van der Waals surface area contributed by atoms with Gasteiger partial charge in [-0.3, -0.25) is 9.59 Å². The van der Waals surface area contributed by atoms with Gasteiger partial charge in [0.2, 0.25) is 5.91 Å². The SMILES string of the molecule is COCCN(C)CCN1CC(C(=O)O)CC1=O. The van der Waals surface area contributed by atoms with Gasteiger partial charge in [0.05, 0.1) is 12.5 Å². The smallest absolute Gasteiger partial charge is 0.308 e. The van der Waals surface area contributed by atoms with E-state index in [2.05, 4.69) is 4.90 Å². The summed E-state index contributed by atoms with van der Waals surface area (Å²) >= 11 is 0. The molecule has 0 spiro atoms. The number of carboxylic acids is 1. The predicted molar refractivity (Wildman–Crippen MR) is 61.7 cm³/mol. The molecule has 1 rings (SSSR count). The molecule has 17 heavy (non-hydrogen) atoms. The monoisotopic (exact) mass is 244 g/mol. The number of carbonyl (C=O) groups is 2. The van der Waals surface area contributed by atoms with Crippen LogP contribution in [0.1, 0.15) is 6.42 Å². The normalized spacial score (nSPS) is 20.3. The van der Waals surface area contributed by atoms with Crippen LogP contribution in [0.25, 0.3) is 0 Å². The molecule has 1 amide bonds. The van der Waals surface area contributed by atoms with Crippen LogP contribution in [0.4, 0.5) is 0 Å². The molecule has 1 aliphatic rings. The van der Waals surface area contributed by atoms with Crippen LogP contribution in [0, 0.1) is 5.92 Å². The average molecular weight is 244 g/mol. The number of methoxy groups -OCH3 is 1. The van der Waals surface area contributed by atoms with Gasteiger partial charge in [0.25, 0.3) is 0 Å². The van der Waals surface area contributed by atoms with Crippen LogP contribution in [0.5, 0.6) is 0 Å². The van der Waals surface area contributed by atoms with Crippen molar-refractivity contribution in [1.29, 1.82) is 0 Å². The van der Waals surface area contributed by atoms with E-state index in [-0.39, 0.29) is 12.3 Å². The number of ether oxygens (including phenoxy) is 1. The van der Waals surface area contributed by atoms with E-state index in [1.54, 1.807) is 12.0 Å². The van der Waals surface area contributed by atoms with Gasteiger partial charge >= 0.3 is 5.97 Å². The van der Waals surface area contributed by atoms with Crippen LogP contribution < -0.4 is 0 Å². The molecule has 6 nitrogen and oxygen atoms in total. The Balaban J connectivity index is 2.28. The minimum absolute atomic E-state index is 0.0578. The Morgan fingerprint density at radius 3 is 2.82 bits per heavy atom. The molecule has 1 unspecified atom stereocenters. The van der Waals surface area contributed by atoms with Crippen LogP contribution >= 0.6 is 0 Å². The van der Waals surface area contributed by atoms with E-state index in [9.17, 15) is 9.59 Å². The molecule has 0 radical (unpaired) electrons. The second kappa shape index (κ2) is 6.56. The quantitative estimate of drug-likeness (QED) is 0.653. The van der Waals surface area contributed by atoms with E-state index in [0.29, 0.717) is 19.7 Å². The van der Waals surface area contributed by atoms with Crippen molar-refractivity contribution in [3.63, 3.8) is 0 Å². The Morgan fingerprint density at radius 1 is 1.59 bits per heavy atom. The standard InChI is InChI=1S/C11H20N2O4/c1-12(5-6-17-2)3-4-13-8-9(11(15)16)7-10(13)14/h9H,3-8H2,1-2H3,(H,15,16). The molecule has 1 saturated heterocycles. The fraction of sp³-hybridized carbons (Fsp3) is 0.818. The molecule has 1 atom stereocenters. The molecule has 1 aliphatic heterocycles. The predicted octanol–water partition coefficient (Wildman–Crippen LogP) is -0.502. The number of rotatable bonds is 7. The second-order valence-corrected chi connectivity index (χ2v) is 4.38. The molecule has 0 aromatic heterocycles. The fourth-order valence-electron chi connectivity index (χ4n) is 1.80. The highest BCUT2D eigenvalue weighted by Gasteiger charge is 2.33. The third-order valence-corrected chi connectivity index (χ3v) is 2.99. The highest BCUT2D eigenvalue weighted by atomic mass is 16.5. The molecule has 1 fully saturated rings. The lowest BCUT2D eigenvalue weighted by Gasteiger charge is -2.21. The topological polar surface area (TPSA) is 70.1 Å². The van der Waals surface area contributed by atoms with Crippen molar-refractivity contribution in [3.05, 3.63) is 0 Å². The number of likely N-dealkylation sites (N-methyl/N-ethyl adjacent to an activating group) is 1. The summed E-state index contributed by atoms with van der Waals surface area (Å²) in [5.41, 5.74) is 0. The van der Waals surface area contributed by atoms with Crippen LogP contribution in [0.2, 0.25) is 0 Å². The zero-order valence-electron chi connectivity index (χ0n) is 10.4. The van der Waals surface area contributed by atoms with Crippen molar-refractivity contribution in [3.8, 4) is 0 Å². The van der Waals surface area contributed by atoms with Gasteiger partial charge in [0.1, 0.15) is 0 Å². The number of carboxylic acid groups (broad SMARTS) is 1. The number of hydrogen-bond acceptors (Lipinski definition) is 4. The van der Waals surface area contributed by atoms with Crippen molar-refractivity contribution in [2.24, 2.45) is 5.92 Å². The van der Waals surface area contributed by atoms with Gasteiger partial charge in [-0.15, -0.1) is 0 Å². The van der Waals surface area contributed by atoms with E-state index < -0.39 is 11.9 Å². The molecule has 0 bridgehead atoms. The molecule has 0 aromatic rings. The maximum Gasteiger partial charge on any atom is 0.308 e. The van der Waals surface area contributed by atoms with Gasteiger partial charge in [-0.25, -0.2) is 0 Å². The number of likely N-dealkylation sites (tertiary alicyclic amines) is 1. The van der Waals surface area contributed by atoms with E-state index in [1.165, 1.54) is 0 Å². The maximum absolute atomic E-state index is 11.5. The summed E-state index contributed by atoms with van der Waals surface area (Å²) in [6.45, 7) is 3.12. The first-order valence-corrected chi connectivity index (χ1v) is 5.72. The summed E-state index contributed by atoms with van der Waals surface area (Å²) in [5.74, 6) is -1.47. The summed E-state index contributed by atoms with van der Waals surface area (Å²) in [6.07, 6.45) is 0.136. The number of amides is 1. The largest absolute Gasteiger partial charge is 0.481 e. The summed E-state index contributed by atoms with van der Waals surface area (Å²) in [7, 11) is 3.60.